The average molecular weight is 466 g/mol. The number of rotatable bonds is 22. The van der Waals surface area contributed by atoms with Crippen LogP contribution in [0.2, 0.25) is 0 Å². The maximum atomic E-state index is 12.5. The Labute approximate surface area is 203 Å². The predicted octanol–water partition coefficient (Wildman–Crippen LogP) is 5.56. The summed E-state index contributed by atoms with van der Waals surface area (Å²) in [4.78, 5) is 36.9. The SMILES string of the molecule is C/C=C/CCCCCCCCCCC(=O)N[C@@H](CCC(=O)NCCCC)C(=O)NCCCC. The van der Waals surface area contributed by atoms with Crippen LogP contribution in [0.3, 0.4) is 0 Å². The van der Waals surface area contributed by atoms with Gasteiger partial charge in [0.15, 0.2) is 0 Å². The summed E-state index contributed by atoms with van der Waals surface area (Å²) in [7, 11) is 0. The van der Waals surface area contributed by atoms with Gasteiger partial charge in [-0.1, -0.05) is 77.4 Å². The van der Waals surface area contributed by atoms with Crippen LogP contribution in [0.25, 0.3) is 0 Å². The maximum absolute atomic E-state index is 12.5. The normalized spacial score (nSPS) is 12.0. The number of nitrogens with one attached hydrogen (secondary N) is 3. The van der Waals surface area contributed by atoms with E-state index in [0.717, 1.165) is 44.9 Å². The molecule has 0 rings (SSSR count). The Morgan fingerprint density at radius 2 is 1.27 bits per heavy atom. The van der Waals surface area contributed by atoms with E-state index in [1.54, 1.807) is 0 Å². The first kappa shape index (κ1) is 31.1. The van der Waals surface area contributed by atoms with Crippen LogP contribution in [0.1, 0.15) is 124 Å². The van der Waals surface area contributed by atoms with E-state index < -0.39 is 6.04 Å². The molecule has 0 heterocycles. The second kappa shape index (κ2) is 23.3. The summed E-state index contributed by atoms with van der Waals surface area (Å²) in [6.07, 6.45) is 19.8. The molecule has 0 aliphatic rings. The van der Waals surface area contributed by atoms with Crippen LogP contribution in [0, 0.1) is 0 Å². The van der Waals surface area contributed by atoms with Gasteiger partial charge in [0.1, 0.15) is 6.04 Å². The largest absolute Gasteiger partial charge is 0.356 e. The molecule has 0 bridgehead atoms. The fraction of sp³-hybridized carbons (Fsp3) is 0.815. The minimum atomic E-state index is -0.645. The standard InChI is InChI=1S/C27H51N3O3/c1-4-7-10-11-12-13-14-15-16-17-18-19-26(32)30-24(27(33)29-23-9-6-3)20-21-25(31)28-22-8-5-2/h4,7,24H,5-6,8-23H2,1-3H3,(H,28,31)(H,29,33)(H,30,32)/b7-4+/t24-/m0/s1. The highest BCUT2D eigenvalue weighted by Crippen LogP contribution is 2.11. The van der Waals surface area contributed by atoms with Crippen molar-refractivity contribution in [3.63, 3.8) is 0 Å². The van der Waals surface area contributed by atoms with Crippen molar-refractivity contribution in [2.45, 2.75) is 130 Å². The summed E-state index contributed by atoms with van der Waals surface area (Å²) in [5.41, 5.74) is 0. The van der Waals surface area contributed by atoms with Crippen LogP contribution in [0.4, 0.5) is 0 Å². The number of unbranched alkanes of at least 4 members (excludes halogenated alkanes) is 10. The van der Waals surface area contributed by atoms with Crippen LogP contribution in [0.5, 0.6) is 0 Å². The highest BCUT2D eigenvalue weighted by molar-refractivity contribution is 5.88. The molecule has 0 aromatic heterocycles. The number of hydrogen-bond donors (Lipinski definition) is 3. The molecule has 0 aliphatic carbocycles. The first-order chi connectivity index (χ1) is 16.0. The molecule has 0 radical (unpaired) electrons. The summed E-state index contributed by atoms with van der Waals surface area (Å²) < 4.78 is 0. The zero-order valence-corrected chi connectivity index (χ0v) is 21.7. The Hall–Kier alpha value is -1.85. The summed E-state index contributed by atoms with van der Waals surface area (Å²) >= 11 is 0. The molecule has 192 valence electrons. The number of hydrogen-bond acceptors (Lipinski definition) is 3. The van der Waals surface area contributed by atoms with Gasteiger partial charge in [-0.15, -0.1) is 0 Å². The van der Waals surface area contributed by atoms with Crippen molar-refractivity contribution in [3.05, 3.63) is 12.2 Å². The molecule has 0 saturated carbocycles. The summed E-state index contributed by atoms with van der Waals surface area (Å²) in [5.74, 6) is -0.348. The van der Waals surface area contributed by atoms with Gasteiger partial charge in [-0.05, 0) is 45.4 Å². The lowest BCUT2D eigenvalue weighted by Gasteiger charge is -2.18. The van der Waals surface area contributed by atoms with E-state index >= 15 is 0 Å². The Morgan fingerprint density at radius 3 is 1.88 bits per heavy atom. The monoisotopic (exact) mass is 465 g/mol. The van der Waals surface area contributed by atoms with Crippen molar-refractivity contribution in [1.29, 1.82) is 0 Å². The Balaban J connectivity index is 4.16. The molecule has 6 heteroatoms. The summed E-state index contributed by atoms with van der Waals surface area (Å²) in [6, 6.07) is -0.645. The predicted molar refractivity (Wildman–Crippen MR) is 138 cm³/mol. The summed E-state index contributed by atoms with van der Waals surface area (Å²) in [5, 5.41) is 8.63. The third kappa shape index (κ3) is 20.5. The zero-order chi connectivity index (χ0) is 24.6. The number of amides is 3. The average Bonchev–Trinajstić information content (AvgIpc) is 2.80. The number of allylic oxidation sites excluding steroid dienone is 2. The third-order valence-corrected chi connectivity index (χ3v) is 5.75. The quantitative estimate of drug-likeness (QED) is 0.144. The van der Waals surface area contributed by atoms with Crippen LogP contribution >= 0.6 is 0 Å². The molecule has 6 nitrogen and oxygen atoms in total. The van der Waals surface area contributed by atoms with Gasteiger partial charge in [0.25, 0.3) is 0 Å². The van der Waals surface area contributed by atoms with Gasteiger partial charge < -0.3 is 16.0 Å². The third-order valence-electron chi connectivity index (χ3n) is 5.75. The Kier molecular flexibility index (Phi) is 22.0. The smallest absolute Gasteiger partial charge is 0.242 e. The highest BCUT2D eigenvalue weighted by atomic mass is 16.2. The highest BCUT2D eigenvalue weighted by Gasteiger charge is 2.21. The molecule has 0 unspecified atom stereocenters. The van der Waals surface area contributed by atoms with Crippen molar-refractivity contribution in [3.8, 4) is 0 Å². The minimum Gasteiger partial charge on any atom is -0.356 e. The van der Waals surface area contributed by atoms with E-state index in [1.807, 2.05) is 0 Å². The van der Waals surface area contributed by atoms with E-state index in [2.05, 4.69) is 48.9 Å². The second-order valence-corrected chi connectivity index (χ2v) is 8.94. The molecule has 1 atom stereocenters. The van der Waals surface area contributed by atoms with Gasteiger partial charge in [-0.3, -0.25) is 14.4 Å². The fourth-order valence-corrected chi connectivity index (χ4v) is 3.59. The molecular weight excluding hydrogens is 414 g/mol. The van der Waals surface area contributed by atoms with E-state index in [4.69, 9.17) is 0 Å². The van der Waals surface area contributed by atoms with Gasteiger partial charge in [0, 0.05) is 25.9 Å². The molecule has 0 spiro atoms. The van der Waals surface area contributed by atoms with Gasteiger partial charge in [0.2, 0.25) is 17.7 Å². The number of carbonyl (C=O) groups excluding carboxylic acids is 3. The molecule has 0 aliphatic heterocycles. The molecule has 0 aromatic carbocycles. The summed E-state index contributed by atoms with van der Waals surface area (Å²) in [6.45, 7) is 7.46. The van der Waals surface area contributed by atoms with Gasteiger partial charge in [0.05, 0.1) is 0 Å². The van der Waals surface area contributed by atoms with Crippen LogP contribution in [0.15, 0.2) is 12.2 Å². The first-order valence-corrected chi connectivity index (χ1v) is 13.5. The van der Waals surface area contributed by atoms with Crippen molar-refractivity contribution >= 4 is 17.7 Å². The Morgan fingerprint density at radius 1 is 0.697 bits per heavy atom. The Bertz CT molecular complexity index is 535. The zero-order valence-electron chi connectivity index (χ0n) is 21.7. The van der Waals surface area contributed by atoms with Crippen molar-refractivity contribution in [2.75, 3.05) is 13.1 Å². The lowest BCUT2D eigenvalue weighted by molar-refractivity contribution is -0.129. The lowest BCUT2D eigenvalue weighted by Crippen LogP contribution is -2.47. The molecular formula is C27H51N3O3. The lowest BCUT2D eigenvalue weighted by atomic mass is 10.1. The second-order valence-electron chi connectivity index (χ2n) is 8.94. The van der Waals surface area contributed by atoms with Gasteiger partial charge >= 0.3 is 0 Å². The van der Waals surface area contributed by atoms with Gasteiger partial charge in [-0.25, -0.2) is 0 Å². The molecule has 0 fully saturated rings. The maximum Gasteiger partial charge on any atom is 0.242 e. The van der Waals surface area contributed by atoms with Crippen molar-refractivity contribution in [1.82, 2.24) is 16.0 Å². The number of carbonyl (C=O) groups is 3. The van der Waals surface area contributed by atoms with E-state index in [0.29, 0.717) is 25.9 Å². The van der Waals surface area contributed by atoms with Crippen molar-refractivity contribution in [2.24, 2.45) is 0 Å². The van der Waals surface area contributed by atoms with Crippen LogP contribution in [-0.2, 0) is 14.4 Å². The van der Waals surface area contributed by atoms with Crippen molar-refractivity contribution < 1.29 is 14.4 Å². The fourth-order valence-electron chi connectivity index (χ4n) is 3.59. The van der Waals surface area contributed by atoms with Crippen LogP contribution in [-0.4, -0.2) is 36.9 Å². The topological polar surface area (TPSA) is 87.3 Å². The van der Waals surface area contributed by atoms with Crippen LogP contribution < -0.4 is 16.0 Å². The van der Waals surface area contributed by atoms with Gasteiger partial charge in [-0.2, -0.15) is 0 Å². The molecule has 0 saturated heterocycles. The first-order valence-electron chi connectivity index (χ1n) is 13.5. The molecule has 3 amide bonds. The minimum absolute atomic E-state index is 0.0640. The van der Waals surface area contributed by atoms with E-state index in [1.165, 1.54) is 38.5 Å². The van der Waals surface area contributed by atoms with E-state index in [-0.39, 0.29) is 24.1 Å². The molecule has 3 N–H and O–H groups in total. The molecule has 0 aromatic rings. The molecule has 33 heavy (non-hydrogen) atoms. The van der Waals surface area contributed by atoms with E-state index in [9.17, 15) is 14.4 Å².